The third kappa shape index (κ3) is 6.04. The lowest BCUT2D eigenvalue weighted by Crippen LogP contribution is -2.48. The fourth-order valence-corrected chi connectivity index (χ4v) is 5.47. The van der Waals surface area contributed by atoms with Gasteiger partial charge in [-0.25, -0.2) is 9.18 Å². The molecule has 2 aliphatic rings. The lowest BCUT2D eigenvalue weighted by Gasteiger charge is -2.42. The lowest BCUT2D eigenvalue weighted by atomic mass is 9.71. The van der Waals surface area contributed by atoms with Crippen LogP contribution < -0.4 is 5.32 Å². The van der Waals surface area contributed by atoms with Gasteiger partial charge >= 0.3 is 6.03 Å². The first-order valence-electron chi connectivity index (χ1n) is 12.2. The van der Waals surface area contributed by atoms with E-state index in [4.69, 9.17) is 11.6 Å². The largest absolute Gasteiger partial charge is 0.322 e. The number of anilines is 1. The van der Waals surface area contributed by atoms with Gasteiger partial charge in [-0.15, -0.1) is 0 Å². The van der Waals surface area contributed by atoms with Crippen LogP contribution in [0.15, 0.2) is 48.5 Å². The van der Waals surface area contributed by atoms with Crippen molar-refractivity contribution in [2.75, 3.05) is 31.5 Å². The number of benzene rings is 2. The Morgan fingerprint density at radius 3 is 2.71 bits per heavy atom. The molecule has 5 nitrogen and oxygen atoms in total. The van der Waals surface area contributed by atoms with Gasteiger partial charge < -0.3 is 15.1 Å². The van der Waals surface area contributed by atoms with Crippen LogP contribution in [0.3, 0.4) is 0 Å². The van der Waals surface area contributed by atoms with E-state index in [0.29, 0.717) is 17.8 Å². The zero-order valence-electron chi connectivity index (χ0n) is 20.4. The molecule has 35 heavy (non-hydrogen) atoms. The van der Waals surface area contributed by atoms with Gasteiger partial charge in [-0.05, 0) is 85.7 Å². The van der Waals surface area contributed by atoms with Crippen LogP contribution >= 0.6 is 11.6 Å². The Hall–Kier alpha value is -2.88. The van der Waals surface area contributed by atoms with Gasteiger partial charge in [-0.2, -0.15) is 5.26 Å². The molecule has 0 spiro atoms. The van der Waals surface area contributed by atoms with Gasteiger partial charge in [0.05, 0.1) is 16.7 Å². The van der Waals surface area contributed by atoms with Gasteiger partial charge in [-0.3, -0.25) is 0 Å². The first-order valence-corrected chi connectivity index (χ1v) is 12.6. The minimum atomic E-state index is -0.511. The molecule has 2 aromatic rings. The Labute approximate surface area is 212 Å². The molecule has 7 heteroatoms. The van der Waals surface area contributed by atoms with Crippen LogP contribution in [0, 0.1) is 22.6 Å². The van der Waals surface area contributed by atoms with E-state index in [1.165, 1.54) is 36.6 Å². The molecule has 0 aromatic heterocycles. The number of urea groups is 1. The molecule has 0 radical (unpaired) electrons. The van der Waals surface area contributed by atoms with Crippen LogP contribution in [0.4, 0.5) is 14.9 Å². The standard InChI is InChI=1S/C28H32ClFN4O/c1-28(2)18-23(9-10-24(28)21-7-5-6-20(16-21)19-31)34(15-14-33-12-3-4-13-33)27(35)32-22-8-11-26(30)25(29)17-22/h5-8,10-11,16-17,23H,3-4,9,12-15,18H2,1-2H3,(H,32,35). The van der Waals surface area contributed by atoms with Crippen molar-refractivity contribution in [3.63, 3.8) is 0 Å². The van der Waals surface area contributed by atoms with Crippen molar-refractivity contribution < 1.29 is 9.18 Å². The Morgan fingerprint density at radius 2 is 2.03 bits per heavy atom. The summed E-state index contributed by atoms with van der Waals surface area (Å²) in [5, 5.41) is 12.2. The first-order chi connectivity index (χ1) is 16.8. The summed E-state index contributed by atoms with van der Waals surface area (Å²) in [4.78, 5) is 17.8. The van der Waals surface area contributed by atoms with Gasteiger partial charge in [0.25, 0.3) is 0 Å². The van der Waals surface area contributed by atoms with Crippen LogP contribution in [-0.4, -0.2) is 48.1 Å². The van der Waals surface area contributed by atoms with E-state index in [1.807, 2.05) is 29.2 Å². The number of hydrogen-bond acceptors (Lipinski definition) is 3. The van der Waals surface area contributed by atoms with Crippen molar-refractivity contribution >= 4 is 28.9 Å². The third-order valence-corrected chi connectivity index (χ3v) is 7.39. The van der Waals surface area contributed by atoms with Crippen LogP contribution in [0.1, 0.15) is 50.7 Å². The van der Waals surface area contributed by atoms with Gasteiger partial charge in [0, 0.05) is 24.8 Å². The highest BCUT2D eigenvalue weighted by Gasteiger charge is 2.36. The average molecular weight is 495 g/mol. The predicted molar refractivity (Wildman–Crippen MR) is 139 cm³/mol. The highest BCUT2D eigenvalue weighted by molar-refractivity contribution is 6.31. The Kier molecular flexibility index (Phi) is 7.78. The Morgan fingerprint density at radius 1 is 1.26 bits per heavy atom. The fourth-order valence-electron chi connectivity index (χ4n) is 5.29. The monoisotopic (exact) mass is 494 g/mol. The Bertz CT molecular complexity index is 1150. The van der Waals surface area contributed by atoms with Crippen molar-refractivity contribution in [3.05, 3.63) is 70.5 Å². The van der Waals surface area contributed by atoms with E-state index in [2.05, 4.69) is 36.2 Å². The molecule has 1 saturated heterocycles. The quantitative estimate of drug-likeness (QED) is 0.495. The van der Waals surface area contributed by atoms with Gasteiger partial charge in [0.15, 0.2) is 0 Å². The maximum absolute atomic E-state index is 13.6. The summed E-state index contributed by atoms with van der Waals surface area (Å²) in [5.74, 6) is -0.511. The number of hydrogen-bond donors (Lipinski definition) is 1. The van der Waals surface area contributed by atoms with Crippen molar-refractivity contribution in [1.82, 2.24) is 9.80 Å². The summed E-state index contributed by atoms with van der Waals surface area (Å²) < 4.78 is 13.6. The second-order valence-electron chi connectivity index (χ2n) is 10.1. The van der Waals surface area contributed by atoms with E-state index in [1.54, 1.807) is 0 Å². The predicted octanol–water partition coefficient (Wildman–Crippen LogP) is 6.55. The minimum Gasteiger partial charge on any atom is -0.320 e. The number of carbonyl (C=O) groups is 1. The second-order valence-corrected chi connectivity index (χ2v) is 10.5. The number of halogens is 2. The van der Waals surface area contributed by atoms with Crippen molar-refractivity contribution in [3.8, 4) is 6.07 Å². The molecular formula is C28H32ClFN4O. The molecule has 1 atom stereocenters. The number of nitrogens with one attached hydrogen (secondary N) is 1. The maximum atomic E-state index is 13.6. The van der Waals surface area contributed by atoms with E-state index >= 15 is 0 Å². The van der Waals surface area contributed by atoms with Gasteiger partial charge in [-0.1, -0.05) is 43.7 Å². The highest BCUT2D eigenvalue weighted by atomic mass is 35.5. The molecule has 1 fully saturated rings. The number of allylic oxidation sites excluding steroid dienone is 1. The fraction of sp³-hybridized carbons (Fsp3) is 0.429. The number of amides is 2. The summed E-state index contributed by atoms with van der Waals surface area (Å²) >= 11 is 5.93. The summed E-state index contributed by atoms with van der Waals surface area (Å²) in [6, 6.07) is 14.0. The molecule has 2 aromatic carbocycles. The van der Waals surface area contributed by atoms with Crippen molar-refractivity contribution in [2.24, 2.45) is 5.41 Å². The number of carbonyl (C=O) groups excluding carboxylic acids is 1. The maximum Gasteiger partial charge on any atom is 0.322 e. The molecule has 1 aliphatic carbocycles. The molecule has 184 valence electrons. The summed E-state index contributed by atoms with van der Waals surface area (Å²) in [6.07, 6.45) is 6.14. The highest BCUT2D eigenvalue weighted by Crippen LogP contribution is 2.44. The molecule has 1 N–H and O–H groups in total. The second kappa shape index (κ2) is 10.8. The number of rotatable bonds is 6. The smallest absolute Gasteiger partial charge is 0.320 e. The molecule has 4 rings (SSSR count). The van der Waals surface area contributed by atoms with Crippen molar-refractivity contribution in [2.45, 2.75) is 45.6 Å². The zero-order valence-corrected chi connectivity index (χ0v) is 21.1. The zero-order chi connectivity index (χ0) is 25.0. The van der Waals surface area contributed by atoms with Crippen LogP contribution in [-0.2, 0) is 0 Å². The van der Waals surface area contributed by atoms with Crippen LogP contribution in [0.2, 0.25) is 5.02 Å². The SMILES string of the molecule is CC1(C)CC(N(CCN2CCCC2)C(=O)Nc2ccc(F)c(Cl)c2)CC=C1c1cccc(C#N)c1. The summed E-state index contributed by atoms with van der Waals surface area (Å²) in [5.41, 5.74) is 3.21. The molecule has 1 unspecified atom stereocenters. The van der Waals surface area contributed by atoms with E-state index < -0.39 is 5.82 Å². The molecular weight excluding hydrogens is 463 g/mol. The summed E-state index contributed by atoms with van der Waals surface area (Å²) in [6.45, 7) is 7.97. The lowest BCUT2D eigenvalue weighted by molar-refractivity contribution is 0.154. The van der Waals surface area contributed by atoms with Crippen molar-refractivity contribution in [1.29, 1.82) is 5.26 Å². The van der Waals surface area contributed by atoms with E-state index in [-0.39, 0.29) is 22.5 Å². The summed E-state index contributed by atoms with van der Waals surface area (Å²) in [7, 11) is 0. The molecule has 2 amide bonds. The van der Waals surface area contributed by atoms with E-state index in [9.17, 15) is 14.4 Å². The Balaban J connectivity index is 1.56. The van der Waals surface area contributed by atoms with Gasteiger partial charge in [0.1, 0.15) is 5.82 Å². The topological polar surface area (TPSA) is 59.4 Å². The molecule has 0 bridgehead atoms. The van der Waals surface area contributed by atoms with Crippen LogP contribution in [0.5, 0.6) is 0 Å². The average Bonchev–Trinajstić information content (AvgIpc) is 3.35. The molecule has 1 heterocycles. The third-order valence-electron chi connectivity index (χ3n) is 7.10. The van der Waals surface area contributed by atoms with Crippen LogP contribution in [0.25, 0.3) is 5.57 Å². The normalized spacial score (nSPS) is 19.6. The number of likely N-dealkylation sites (tertiary alicyclic amines) is 1. The minimum absolute atomic E-state index is 0.0163. The molecule has 1 aliphatic heterocycles. The van der Waals surface area contributed by atoms with E-state index in [0.717, 1.165) is 38.0 Å². The van der Waals surface area contributed by atoms with Gasteiger partial charge in [0.2, 0.25) is 0 Å². The molecule has 0 saturated carbocycles. The number of nitriles is 1. The number of nitrogens with zero attached hydrogens (tertiary/aromatic N) is 3. The first kappa shape index (κ1) is 25.2.